The summed E-state index contributed by atoms with van der Waals surface area (Å²) in [7, 11) is 0. The number of carbonyl (C=O) groups excluding carboxylic acids is 2. The lowest BCUT2D eigenvalue weighted by molar-refractivity contribution is -0.149. The van der Waals surface area contributed by atoms with Crippen molar-refractivity contribution in [2.24, 2.45) is 0 Å². The second-order valence-electron chi connectivity index (χ2n) is 2.71. The number of carbonyl (C=O) groups is 2. The molecule has 1 rings (SSSR count). The van der Waals surface area contributed by atoms with Crippen LogP contribution in [-0.2, 0) is 19.1 Å². The summed E-state index contributed by atoms with van der Waals surface area (Å²) in [4.78, 5) is 22.0. The molecular formula is C9H11NO4. The molecule has 76 valence electrons. The molecule has 2 atom stereocenters. The van der Waals surface area contributed by atoms with Crippen LogP contribution in [0, 0.1) is 0 Å². The first-order chi connectivity index (χ1) is 6.69. The molecule has 0 aromatic carbocycles. The summed E-state index contributed by atoms with van der Waals surface area (Å²) in [6.45, 7) is 6.50. The van der Waals surface area contributed by atoms with Gasteiger partial charge in [-0.05, 0) is 6.42 Å². The molecule has 1 heterocycles. The molecule has 1 fully saturated rings. The second kappa shape index (κ2) is 4.57. The van der Waals surface area contributed by atoms with E-state index in [9.17, 15) is 9.59 Å². The Labute approximate surface area is 81.4 Å². The van der Waals surface area contributed by atoms with Crippen LogP contribution in [0.2, 0.25) is 0 Å². The molecule has 1 saturated heterocycles. The first-order valence-corrected chi connectivity index (χ1v) is 4.08. The summed E-state index contributed by atoms with van der Waals surface area (Å²) < 4.78 is 9.05. The predicted octanol–water partition coefficient (Wildman–Crippen LogP) is 0.0903. The number of rotatable bonds is 4. The van der Waals surface area contributed by atoms with Crippen molar-refractivity contribution in [2.45, 2.75) is 18.5 Å². The van der Waals surface area contributed by atoms with Crippen molar-refractivity contribution in [3.05, 3.63) is 25.7 Å². The van der Waals surface area contributed by atoms with E-state index in [4.69, 9.17) is 0 Å². The van der Waals surface area contributed by atoms with Gasteiger partial charge in [-0.3, -0.25) is 5.32 Å². The van der Waals surface area contributed by atoms with Gasteiger partial charge < -0.3 is 9.47 Å². The summed E-state index contributed by atoms with van der Waals surface area (Å²) in [5.74, 6) is -0.884. The average molecular weight is 197 g/mol. The molecule has 14 heavy (non-hydrogen) atoms. The molecule has 0 spiro atoms. The van der Waals surface area contributed by atoms with Gasteiger partial charge in [-0.25, -0.2) is 9.59 Å². The highest BCUT2D eigenvalue weighted by molar-refractivity contribution is 5.84. The zero-order valence-electron chi connectivity index (χ0n) is 7.56. The maximum atomic E-state index is 11.0. The molecule has 0 bridgehead atoms. The van der Waals surface area contributed by atoms with Crippen molar-refractivity contribution in [1.82, 2.24) is 5.32 Å². The topological polar surface area (TPSA) is 64.6 Å². The smallest absolute Gasteiger partial charge is 0.328 e. The Bertz CT molecular complexity index is 242. The highest BCUT2D eigenvalue weighted by Crippen LogP contribution is 2.14. The van der Waals surface area contributed by atoms with Crippen molar-refractivity contribution >= 4 is 11.9 Å². The molecule has 0 saturated carbocycles. The van der Waals surface area contributed by atoms with E-state index in [0.717, 1.165) is 12.5 Å². The normalized spacial score (nSPS) is 24.3. The number of esters is 2. The van der Waals surface area contributed by atoms with Crippen LogP contribution in [-0.4, -0.2) is 24.0 Å². The third-order valence-electron chi connectivity index (χ3n) is 1.84. The molecule has 5 heteroatoms. The van der Waals surface area contributed by atoms with Crippen LogP contribution in [0.1, 0.15) is 6.42 Å². The van der Waals surface area contributed by atoms with Gasteiger partial charge in [0.05, 0.1) is 12.5 Å². The van der Waals surface area contributed by atoms with Gasteiger partial charge in [0, 0.05) is 0 Å². The largest absolute Gasteiger partial charge is 0.434 e. The van der Waals surface area contributed by atoms with Crippen LogP contribution in [0.15, 0.2) is 25.7 Å². The lowest BCUT2D eigenvalue weighted by Crippen LogP contribution is -2.60. The molecular weight excluding hydrogens is 186 g/mol. The number of nitrogens with one attached hydrogen (secondary N) is 1. The second-order valence-corrected chi connectivity index (χ2v) is 2.71. The van der Waals surface area contributed by atoms with Crippen LogP contribution < -0.4 is 5.32 Å². The summed E-state index contributed by atoms with van der Waals surface area (Å²) in [6, 6.07) is -0.897. The lowest BCUT2D eigenvalue weighted by atomic mass is 9.97. The van der Waals surface area contributed by atoms with E-state index in [-0.39, 0.29) is 0 Å². The molecule has 5 nitrogen and oxygen atoms in total. The van der Waals surface area contributed by atoms with Gasteiger partial charge in [-0.15, -0.1) is 0 Å². The van der Waals surface area contributed by atoms with Crippen LogP contribution in [0.25, 0.3) is 0 Å². The molecule has 0 aliphatic carbocycles. The minimum Gasteiger partial charge on any atom is -0.434 e. The fourth-order valence-electron chi connectivity index (χ4n) is 1.11. The van der Waals surface area contributed by atoms with Crippen LogP contribution in [0.3, 0.4) is 0 Å². The average Bonchev–Trinajstić information content (AvgIpc) is 2.02. The van der Waals surface area contributed by atoms with E-state index in [1.165, 1.54) is 0 Å². The number of ether oxygens (including phenoxy) is 2. The minimum atomic E-state index is -0.449. The summed E-state index contributed by atoms with van der Waals surface area (Å²) in [5.41, 5.74) is 0. The Balaban J connectivity index is 2.29. The Hall–Kier alpha value is -1.62. The fraction of sp³-hybridized carbons (Fsp3) is 0.333. The Morgan fingerprint density at radius 2 is 1.50 bits per heavy atom. The first-order valence-electron chi connectivity index (χ1n) is 4.08. The van der Waals surface area contributed by atoms with Crippen molar-refractivity contribution < 1.29 is 19.1 Å². The Morgan fingerprint density at radius 1 is 1.14 bits per heavy atom. The van der Waals surface area contributed by atoms with E-state index in [1.807, 2.05) is 0 Å². The molecule has 1 aliphatic heterocycles. The van der Waals surface area contributed by atoms with E-state index in [1.54, 1.807) is 0 Å². The maximum absolute atomic E-state index is 11.0. The van der Waals surface area contributed by atoms with Gasteiger partial charge in [-0.1, -0.05) is 13.2 Å². The standard InChI is InChI=1S/C9H11NO4/c1-3-13-8(11)6-5-7(10-6)9(12)14-4-2/h3-4,6-7,10H,1-2,5H2/t6-,7+. The highest BCUT2D eigenvalue weighted by atomic mass is 16.5. The van der Waals surface area contributed by atoms with Crippen molar-refractivity contribution in [3.63, 3.8) is 0 Å². The van der Waals surface area contributed by atoms with Gasteiger partial charge >= 0.3 is 11.9 Å². The molecule has 1 N–H and O–H groups in total. The van der Waals surface area contributed by atoms with E-state index < -0.39 is 24.0 Å². The highest BCUT2D eigenvalue weighted by Gasteiger charge is 2.39. The van der Waals surface area contributed by atoms with E-state index in [2.05, 4.69) is 27.9 Å². The first kappa shape index (κ1) is 10.5. The van der Waals surface area contributed by atoms with Gasteiger partial charge in [0.2, 0.25) is 0 Å². The number of hydrogen-bond acceptors (Lipinski definition) is 5. The van der Waals surface area contributed by atoms with Crippen molar-refractivity contribution in [1.29, 1.82) is 0 Å². The Morgan fingerprint density at radius 3 is 1.79 bits per heavy atom. The van der Waals surface area contributed by atoms with Gasteiger partial charge in [-0.2, -0.15) is 0 Å². The molecule has 0 aromatic rings. The molecule has 0 radical (unpaired) electrons. The fourth-order valence-corrected chi connectivity index (χ4v) is 1.11. The zero-order chi connectivity index (χ0) is 10.6. The maximum Gasteiger partial charge on any atom is 0.328 e. The lowest BCUT2D eigenvalue weighted by Gasteiger charge is -2.32. The van der Waals surface area contributed by atoms with Crippen molar-refractivity contribution in [3.8, 4) is 0 Å². The van der Waals surface area contributed by atoms with E-state index >= 15 is 0 Å². The number of hydrogen-bond donors (Lipinski definition) is 1. The van der Waals surface area contributed by atoms with Crippen LogP contribution in [0.4, 0.5) is 0 Å². The quantitative estimate of drug-likeness (QED) is 0.511. The Kier molecular flexibility index (Phi) is 3.41. The molecule has 0 amide bonds. The van der Waals surface area contributed by atoms with Crippen LogP contribution in [0.5, 0.6) is 0 Å². The van der Waals surface area contributed by atoms with E-state index in [0.29, 0.717) is 6.42 Å². The third kappa shape index (κ3) is 2.20. The molecule has 1 aliphatic rings. The monoisotopic (exact) mass is 197 g/mol. The van der Waals surface area contributed by atoms with Gasteiger partial charge in [0.15, 0.2) is 0 Å². The predicted molar refractivity (Wildman–Crippen MR) is 47.9 cm³/mol. The van der Waals surface area contributed by atoms with Crippen LogP contribution >= 0.6 is 0 Å². The third-order valence-corrected chi connectivity index (χ3v) is 1.84. The minimum absolute atomic E-state index is 0.374. The summed E-state index contributed by atoms with van der Waals surface area (Å²) >= 11 is 0. The summed E-state index contributed by atoms with van der Waals surface area (Å²) in [6.07, 6.45) is 2.48. The molecule has 0 unspecified atom stereocenters. The van der Waals surface area contributed by atoms with Crippen molar-refractivity contribution in [2.75, 3.05) is 0 Å². The molecule has 0 aromatic heterocycles. The zero-order valence-corrected chi connectivity index (χ0v) is 7.56. The summed E-state index contributed by atoms with van der Waals surface area (Å²) in [5, 5.41) is 2.70. The van der Waals surface area contributed by atoms with Gasteiger partial charge in [0.1, 0.15) is 12.1 Å². The van der Waals surface area contributed by atoms with Gasteiger partial charge in [0.25, 0.3) is 0 Å². The SMILES string of the molecule is C=COC(=O)[C@@H]1C[C@H](C(=O)OC=C)N1.